The average Bonchev–Trinajstić information content (AvgIpc) is 3.21. The number of carbonyl (C=O) groups excluding carboxylic acids is 1. The lowest BCUT2D eigenvalue weighted by molar-refractivity contribution is -0.336. The quantitative estimate of drug-likeness (QED) is 0.821. The van der Waals surface area contributed by atoms with Gasteiger partial charge in [0.25, 0.3) is 0 Å². The Morgan fingerprint density at radius 3 is 2.75 bits per heavy atom. The van der Waals surface area contributed by atoms with E-state index in [0.717, 1.165) is 5.56 Å². The molecule has 1 aromatic heterocycles. The molecule has 2 fully saturated rings. The molecule has 2 saturated heterocycles. The van der Waals surface area contributed by atoms with Crippen molar-refractivity contribution in [3.63, 3.8) is 0 Å². The highest BCUT2D eigenvalue weighted by molar-refractivity contribution is 5.73. The Morgan fingerprint density at radius 1 is 1.21 bits per heavy atom. The van der Waals surface area contributed by atoms with Gasteiger partial charge in [0.15, 0.2) is 5.76 Å². The summed E-state index contributed by atoms with van der Waals surface area (Å²) in [5, 5.41) is 13.7. The van der Waals surface area contributed by atoms with Crippen molar-refractivity contribution in [3.05, 3.63) is 54.0 Å². The van der Waals surface area contributed by atoms with E-state index in [1.165, 1.54) is 13.2 Å². The van der Waals surface area contributed by atoms with Crippen LogP contribution in [-0.2, 0) is 19.0 Å². The zero-order valence-electron chi connectivity index (χ0n) is 15.6. The van der Waals surface area contributed by atoms with Crippen molar-refractivity contribution >= 4 is 5.91 Å². The van der Waals surface area contributed by atoms with Gasteiger partial charge in [-0.05, 0) is 30.7 Å². The summed E-state index contributed by atoms with van der Waals surface area (Å²) in [5.41, 5.74) is 0.915. The molecule has 2 aliphatic heterocycles. The number of aliphatic hydroxyl groups is 1. The minimum atomic E-state index is -1.06. The van der Waals surface area contributed by atoms with Crippen LogP contribution in [0.5, 0.6) is 5.75 Å². The third kappa shape index (κ3) is 3.77. The van der Waals surface area contributed by atoms with Crippen molar-refractivity contribution in [3.8, 4) is 5.75 Å². The first-order valence-electron chi connectivity index (χ1n) is 9.16. The van der Waals surface area contributed by atoms with Gasteiger partial charge in [0.1, 0.15) is 30.1 Å². The first kappa shape index (κ1) is 18.9. The minimum Gasteiger partial charge on any atom is -0.464 e. The van der Waals surface area contributed by atoms with Crippen molar-refractivity contribution in [1.82, 2.24) is 5.32 Å². The standard InChI is InChI=1S/C20H23NO7/c1-11-6-3-4-7-13(11)26-20-16(21-12(2)22)17(23)18-15(27-20)10-25-19(28-18)14-8-5-9-24-14/h3-9,15-20,23H,10H2,1-2H3,(H,21,22)/t15-,16+,17-,18-,19-,20+/m0/s1. The molecule has 0 saturated carbocycles. The highest BCUT2D eigenvalue weighted by atomic mass is 16.8. The van der Waals surface area contributed by atoms with Crippen LogP contribution in [0, 0.1) is 6.92 Å². The number of furan rings is 1. The molecule has 3 heterocycles. The van der Waals surface area contributed by atoms with Gasteiger partial charge in [-0.25, -0.2) is 0 Å². The van der Waals surface area contributed by atoms with E-state index in [9.17, 15) is 9.90 Å². The van der Waals surface area contributed by atoms with Crippen LogP contribution in [0.25, 0.3) is 0 Å². The van der Waals surface area contributed by atoms with E-state index in [2.05, 4.69) is 5.32 Å². The lowest BCUT2D eigenvalue weighted by atomic mass is 9.96. The highest BCUT2D eigenvalue weighted by Gasteiger charge is 2.51. The van der Waals surface area contributed by atoms with Crippen LogP contribution in [0.4, 0.5) is 0 Å². The summed E-state index contributed by atoms with van der Waals surface area (Å²) in [4.78, 5) is 11.7. The number of benzene rings is 1. The number of aliphatic hydroxyl groups excluding tert-OH is 1. The number of hydrogen-bond donors (Lipinski definition) is 2. The summed E-state index contributed by atoms with van der Waals surface area (Å²) in [6.07, 6.45) is -2.45. The molecule has 0 aliphatic carbocycles. The summed E-state index contributed by atoms with van der Waals surface area (Å²) in [6, 6.07) is 10.1. The maximum atomic E-state index is 11.7. The van der Waals surface area contributed by atoms with Gasteiger partial charge in [-0.2, -0.15) is 0 Å². The molecule has 0 radical (unpaired) electrons. The zero-order chi connectivity index (χ0) is 19.7. The van der Waals surface area contributed by atoms with Crippen LogP contribution in [0.15, 0.2) is 47.1 Å². The number of fused-ring (bicyclic) bond motifs is 1. The molecule has 0 spiro atoms. The number of ether oxygens (including phenoxy) is 4. The van der Waals surface area contributed by atoms with Crippen molar-refractivity contribution < 1.29 is 33.3 Å². The number of aryl methyl sites for hydroxylation is 1. The van der Waals surface area contributed by atoms with E-state index in [1.54, 1.807) is 12.1 Å². The second-order valence-electron chi connectivity index (χ2n) is 6.92. The molecule has 28 heavy (non-hydrogen) atoms. The van der Waals surface area contributed by atoms with Crippen LogP contribution in [0.1, 0.15) is 24.5 Å². The van der Waals surface area contributed by atoms with E-state index in [0.29, 0.717) is 11.5 Å². The normalized spacial score (nSPS) is 32.4. The maximum Gasteiger partial charge on any atom is 0.223 e. The van der Waals surface area contributed by atoms with E-state index < -0.39 is 36.9 Å². The SMILES string of the molecule is CC(=O)N[C@H]1[C@H](Oc2ccccc2C)O[C@H]2CO[C@H](c3ccco3)O[C@@H]2[C@H]1O. The predicted molar refractivity (Wildman–Crippen MR) is 96.4 cm³/mol. The van der Waals surface area contributed by atoms with E-state index in [-0.39, 0.29) is 12.5 Å². The lowest BCUT2D eigenvalue weighted by Gasteiger charge is -2.47. The molecule has 2 aromatic rings. The number of rotatable bonds is 4. The van der Waals surface area contributed by atoms with Crippen molar-refractivity contribution in [2.75, 3.05) is 6.61 Å². The fourth-order valence-electron chi connectivity index (χ4n) is 3.46. The Hall–Kier alpha value is -2.39. The van der Waals surface area contributed by atoms with Gasteiger partial charge in [-0.3, -0.25) is 4.79 Å². The van der Waals surface area contributed by atoms with Gasteiger partial charge >= 0.3 is 0 Å². The van der Waals surface area contributed by atoms with Gasteiger partial charge < -0.3 is 33.8 Å². The molecular weight excluding hydrogens is 366 g/mol. The third-order valence-electron chi connectivity index (χ3n) is 4.85. The van der Waals surface area contributed by atoms with Gasteiger partial charge in [-0.15, -0.1) is 0 Å². The van der Waals surface area contributed by atoms with Crippen molar-refractivity contribution in [2.45, 2.75) is 50.8 Å². The fourth-order valence-corrected chi connectivity index (χ4v) is 3.46. The second-order valence-corrected chi connectivity index (χ2v) is 6.92. The summed E-state index contributed by atoms with van der Waals surface area (Å²) in [7, 11) is 0. The van der Waals surface area contributed by atoms with Gasteiger partial charge in [0, 0.05) is 6.92 Å². The Balaban J connectivity index is 1.55. The minimum absolute atomic E-state index is 0.188. The molecule has 1 aromatic carbocycles. The number of hydrogen-bond acceptors (Lipinski definition) is 7. The van der Waals surface area contributed by atoms with Crippen LogP contribution in [-0.4, -0.2) is 48.3 Å². The lowest BCUT2D eigenvalue weighted by Crippen LogP contribution is -2.67. The molecule has 2 N–H and O–H groups in total. The Morgan fingerprint density at radius 2 is 2.04 bits per heavy atom. The van der Waals surface area contributed by atoms with Crippen LogP contribution in [0.3, 0.4) is 0 Å². The molecule has 0 unspecified atom stereocenters. The Labute approximate surface area is 162 Å². The first-order chi connectivity index (χ1) is 13.5. The Kier molecular flexibility index (Phi) is 5.36. The molecule has 150 valence electrons. The molecule has 1 amide bonds. The third-order valence-corrected chi connectivity index (χ3v) is 4.85. The predicted octanol–water partition coefficient (Wildman–Crippen LogP) is 1.67. The summed E-state index contributed by atoms with van der Waals surface area (Å²) >= 11 is 0. The zero-order valence-corrected chi connectivity index (χ0v) is 15.6. The number of nitrogens with one attached hydrogen (secondary N) is 1. The topological polar surface area (TPSA) is 99.4 Å². The Bertz CT molecular complexity index is 809. The van der Waals surface area contributed by atoms with E-state index in [1.807, 2.05) is 31.2 Å². The maximum absolute atomic E-state index is 11.7. The second kappa shape index (κ2) is 7.92. The summed E-state index contributed by atoms with van der Waals surface area (Å²) < 4.78 is 28.9. The van der Waals surface area contributed by atoms with Gasteiger partial charge in [0.05, 0.1) is 12.9 Å². The largest absolute Gasteiger partial charge is 0.464 e. The molecule has 0 bridgehead atoms. The van der Waals surface area contributed by atoms with Crippen LogP contribution >= 0.6 is 0 Å². The van der Waals surface area contributed by atoms with E-state index >= 15 is 0 Å². The average molecular weight is 389 g/mol. The van der Waals surface area contributed by atoms with Gasteiger partial charge in [-0.1, -0.05) is 18.2 Å². The molecule has 2 aliphatic rings. The van der Waals surface area contributed by atoms with Crippen molar-refractivity contribution in [2.24, 2.45) is 0 Å². The molecule has 6 atom stereocenters. The number of para-hydroxylation sites is 1. The molecular formula is C20H23NO7. The fraction of sp³-hybridized carbons (Fsp3) is 0.450. The van der Waals surface area contributed by atoms with E-state index in [4.69, 9.17) is 23.4 Å². The number of amides is 1. The summed E-state index contributed by atoms with van der Waals surface area (Å²) in [6.45, 7) is 3.47. The van der Waals surface area contributed by atoms with Gasteiger partial charge in [0.2, 0.25) is 18.5 Å². The smallest absolute Gasteiger partial charge is 0.223 e. The highest BCUT2D eigenvalue weighted by Crippen LogP contribution is 2.35. The summed E-state index contributed by atoms with van der Waals surface area (Å²) in [5.74, 6) is 0.804. The van der Waals surface area contributed by atoms with Crippen molar-refractivity contribution in [1.29, 1.82) is 0 Å². The van der Waals surface area contributed by atoms with Crippen LogP contribution < -0.4 is 10.1 Å². The number of carbonyl (C=O) groups is 1. The molecule has 8 heteroatoms. The molecule has 8 nitrogen and oxygen atoms in total. The molecule has 4 rings (SSSR count). The monoisotopic (exact) mass is 389 g/mol. The van der Waals surface area contributed by atoms with Crippen LogP contribution in [0.2, 0.25) is 0 Å². The first-order valence-corrected chi connectivity index (χ1v) is 9.16.